The van der Waals surface area contributed by atoms with E-state index in [0.717, 1.165) is 16.7 Å². The number of nitrogens with one attached hydrogen (secondary N) is 1. The van der Waals surface area contributed by atoms with E-state index >= 15 is 0 Å². The molecular weight excluding hydrogens is 380 g/mol. The first-order valence-electron chi connectivity index (χ1n) is 9.70. The molecule has 0 spiro atoms. The molecule has 6 heteroatoms. The molecule has 1 amide bonds. The molecule has 4 aromatic rings. The Morgan fingerprint density at radius 1 is 0.967 bits per heavy atom. The molecule has 2 aromatic heterocycles. The van der Waals surface area contributed by atoms with Gasteiger partial charge in [-0.05, 0) is 35.4 Å². The second kappa shape index (κ2) is 8.80. The van der Waals surface area contributed by atoms with Crippen LogP contribution in [0.4, 0.5) is 5.69 Å². The van der Waals surface area contributed by atoms with Gasteiger partial charge in [0.25, 0.3) is 0 Å². The smallest absolute Gasteiger partial charge is 0.336 e. The van der Waals surface area contributed by atoms with Crippen LogP contribution in [0.25, 0.3) is 11.0 Å². The first-order valence-corrected chi connectivity index (χ1v) is 9.70. The minimum atomic E-state index is -0.421. The van der Waals surface area contributed by atoms with E-state index < -0.39 is 5.63 Å². The van der Waals surface area contributed by atoms with Crippen LogP contribution in [0.3, 0.4) is 0 Å². The number of hydrogen-bond acceptors (Lipinski definition) is 5. The lowest BCUT2D eigenvalue weighted by Crippen LogP contribution is -2.23. The Balaban J connectivity index is 1.67. The highest BCUT2D eigenvalue weighted by molar-refractivity contribution is 5.92. The lowest BCUT2D eigenvalue weighted by Gasteiger charge is -2.22. The van der Waals surface area contributed by atoms with Gasteiger partial charge in [0.15, 0.2) is 0 Å². The molecular formula is C24H22N2O4. The number of benzene rings is 2. The van der Waals surface area contributed by atoms with Crippen molar-refractivity contribution in [2.45, 2.75) is 26.6 Å². The summed E-state index contributed by atoms with van der Waals surface area (Å²) in [5.74, 6) is 0.673. The predicted octanol–water partition coefficient (Wildman–Crippen LogP) is 4.55. The first kappa shape index (κ1) is 19.7. The summed E-state index contributed by atoms with van der Waals surface area (Å²) in [7, 11) is 0. The topological polar surface area (TPSA) is 75.7 Å². The Morgan fingerprint density at radius 3 is 2.53 bits per heavy atom. The fraction of sp³-hybridized carbons (Fsp3) is 0.167. The van der Waals surface area contributed by atoms with Gasteiger partial charge in [0.2, 0.25) is 5.91 Å². The van der Waals surface area contributed by atoms with Crippen LogP contribution in [0.15, 0.2) is 86.6 Å². The highest BCUT2D eigenvalue weighted by atomic mass is 16.4. The van der Waals surface area contributed by atoms with Gasteiger partial charge in [0.05, 0.1) is 12.8 Å². The van der Waals surface area contributed by atoms with E-state index in [4.69, 9.17) is 8.83 Å². The molecule has 0 saturated carbocycles. The summed E-state index contributed by atoms with van der Waals surface area (Å²) in [4.78, 5) is 25.8. The largest absolute Gasteiger partial charge is 0.468 e. The average molecular weight is 402 g/mol. The monoisotopic (exact) mass is 402 g/mol. The van der Waals surface area contributed by atoms with E-state index in [1.54, 1.807) is 18.4 Å². The molecule has 2 heterocycles. The summed E-state index contributed by atoms with van der Waals surface area (Å²) in [5, 5.41) is 3.55. The Bertz CT molecular complexity index is 1200. The molecule has 0 aliphatic rings. The molecule has 0 saturated heterocycles. The van der Waals surface area contributed by atoms with Crippen LogP contribution in [0, 0.1) is 0 Å². The van der Waals surface area contributed by atoms with Crippen molar-refractivity contribution in [1.29, 1.82) is 0 Å². The predicted molar refractivity (Wildman–Crippen MR) is 115 cm³/mol. The summed E-state index contributed by atoms with van der Waals surface area (Å²) in [6, 6.07) is 20.8. The van der Waals surface area contributed by atoms with E-state index in [1.807, 2.05) is 36.4 Å². The number of carbonyl (C=O) groups is 1. The number of hydrogen-bond donors (Lipinski definition) is 1. The van der Waals surface area contributed by atoms with E-state index in [0.29, 0.717) is 30.9 Å². The zero-order valence-corrected chi connectivity index (χ0v) is 16.6. The van der Waals surface area contributed by atoms with Gasteiger partial charge in [-0.2, -0.15) is 0 Å². The molecule has 0 fully saturated rings. The van der Waals surface area contributed by atoms with E-state index in [9.17, 15) is 9.59 Å². The Labute approximate surface area is 173 Å². The van der Waals surface area contributed by atoms with Gasteiger partial charge in [-0.3, -0.25) is 9.69 Å². The van der Waals surface area contributed by atoms with Gasteiger partial charge < -0.3 is 14.2 Å². The molecule has 0 radical (unpaired) electrons. The van der Waals surface area contributed by atoms with Crippen molar-refractivity contribution in [2.75, 3.05) is 5.32 Å². The zero-order valence-electron chi connectivity index (χ0n) is 16.6. The van der Waals surface area contributed by atoms with Gasteiger partial charge in [-0.1, -0.05) is 30.3 Å². The van der Waals surface area contributed by atoms with Crippen molar-refractivity contribution in [2.24, 2.45) is 0 Å². The molecule has 4 rings (SSSR count). The van der Waals surface area contributed by atoms with Crippen molar-refractivity contribution >= 4 is 22.6 Å². The number of amides is 1. The second-order valence-electron chi connectivity index (χ2n) is 7.19. The summed E-state index contributed by atoms with van der Waals surface area (Å²) >= 11 is 0. The van der Waals surface area contributed by atoms with E-state index in [-0.39, 0.29) is 5.91 Å². The van der Waals surface area contributed by atoms with Crippen LogP contribution in [0.2, 0.25) is 0 Å². The van der Waals surface area contributed by atoms with Crippen molar-refractivity contribution in [1.82, 2.24) is 4.90 Å². The van der Waals surface area contributed by atoms with Gasteiger partial charge in [-0.15, -0.1) is 0 Å². The summed E-state index contributed by atoms with van der Waals surface area (Å²) in [6.45, 7) is 3.28. The number of nitrogens with zero attached hydrogens (tertiary/aromatic N) is 1. The van der Waals surface area contributed by atoms with Crippen LogP contribution in [-0.2, 0) is 24.4 Å². The lowest BCUT2D eigenvalue weighted by molar-refractivity contribution is -0.114. The maximum absolute atomic E-state index is 12.2. The number of carbonyl (C=O) groups excluding carboxylic acids is 1. The van der Waals surface area contributed by atoms with E-state index in [2.05, 4.69) is 22.3 Å². The number of rotatable bonds is 7. The zero-order chi connectivity index (χ0) is 20.9. The summed E-state index contributed by atoms with van der Waals surface area (Å²) in [5.41, 5.74) is 2.64. The third-order valence-corrected chi connectivity index (χ3v) is 4.75. The molecule has 6 nitrogen and oxygen atoms in total. The Hall–Kier alpha value is -3.64. The molecule has 0 aliphatic carbocycles. The molecule has 0 bridgehead atoms. The van der Waals surface area contributed by atoms with Crippen molar-refractivity contribution in [3.05, 3.63) is 100 Å². The number of anilines is 1. The molecule has 2 aromatic carbocycles. The van der Waals surface area contributed by atoms with Crippen LogP contribution >= 0.6 is 0 Å². The summed E-state index contributed by atoms with van der Waals surface area (Å²) < 4.78 is 10.9. The SMILES string of the molecule is CC(=O)Nc1ccc2c(CN(Cc3ccccc3)Cc3ccco3)cc(=O)oc2c1. The minimum Gasteiger partial charge on any atom is -0.468 e. The lowest BCUT2D eigenvalue weighted by atomic mass is 10.1. The second-order valence-corrected chi connectivity index (χ2v) is 7.19. The van der Waals surface area contributed by atoms with Crippen molar-refractivity contribution < 1.29 is 13.6 Å². The molecule has 152 valence electrons. The molecule has 0 aliphatic heterocycles. The summed E-state index contributed by atoms with van der Waals surface area (Å²) in [6.07, 6.45) is 1.66. The first-order chi connectivity index (χ1) is 14.6. The van der Waals surface area contributed by atoms with Gasteiger partial charge in [0, 0.05) is 43.2 Å². The highest BCUT2D eigenvalue weighted by Gasteiger charge is 2.14. The van der Waals surface area contributed by atoms with Crippen molar-refractivity contribution in [3.63, 3.8) is 0 Å². The molecule has 0 unspecified atom stereocenters. The van der Waals surface area contributed by atoms with E-state index in [1.165, 1.54) is 18.6 Å². The van der Waals surface area contributed by atoms with Crippen molar-refractivity contribution in [3.8, 4) is 0 Å². The quantitative estimate of drug-likeness (QED) is 0.459. The van der Waals surface area contributed by atoms with Crippen LogP contribution in [0.5, 0.6) is 0 Å². The fourth-order valence-corrected chi connectivity index (χ4v) is 3.51. The third-order valence-electron chi connectivity index (χ3n) is 4.75. The van der Waals surface area contributed by atoms with Crippen LogP contribution < -0.4 is 10.9 Å². The molecule has 1 N–H and O–H groups in total. The number of furan rings is 1. The minimum absolute atomic E-state index is 0.180. The van der Waals surface area contributed by atoms with Crippen LogP contribution in [0.1, 0.15) is 23.8 Å². The highest BCUT2D eigenvalue weighted by Crippen LogP contribution is 2.24. The van der Waals surface area contributed by atoms with Crippen LogP contribution in [-0.4, -0.2) is 10.8 Å². The average Bonchev–Trinajstić information content (AvgIpc) is 3.21. The standard InChI is InChI=1S/C24H22N2O4/c1-17(27)25-20-9-10-22-19(12-24(28)30-23(22)13-20)15-26(16-21-8-5-11-29-21)14-18-6-3-2-4-7-18/h2-13H,14-16H2,1H3,(H,25,27). The maximum Gasteiger partial charge on any atom is 0.336 e. The molecule has 0 atom stereocenters. The normalized spacial score (nSPS) is 11.1. The van der Waals surface area contributed by atoms with Gasteiger partial charge in [0.1, 0.15) is 11.3 Å². The molecule has 30 heavy (non-hydrogen) atoms. The number of fused-ring (bicyclic) bond motifs is 1. The third kappa shape index (κ3) is 4.85. The maximum atomic E-state index is 12.2. The van der Waals surface area contributed by atoms with Gasteiger partial charge in [-0.25, -0.2) is 4.79 Å². The Kier molecular flexibility index (Phi) is 5.77. The fourth-order valence-electron chi connectivity index (χ4n) is 3.51. The Morgan fingerprint density at radius 2 is 1.80 bits per heavy atom. The van der Waals surface area contributed by atoms with Gasteiger partial charge >= 0.3 is 5.63 Å².